The van der Waals surface area contributed by atoms with Gasteiger partial charge in [-0.15, -0.1) is 30.6 Å². The van der Waals surface area contributed by atoms with Gasteiger partial charge in [0.1, 0.15) is 5.75 Å². The van der Waals surface area contributed by atoms with E-state index in [1.165, 1.54) is 0 Å². The summed E-state index contributed by atoms with van der Waals surface area (Å²) < 4.78 is 10.4. The molecule has 0 saturated carbocycles. The molecule has 1 aromatic heterocycles. The van der Waals surface area contributed by atoms with Gasteiger partial charge in [-0.3, -0.25) is 4.98 Å². The smallest absolute Gasteiger partial charge is 0.191 e. The van der Waals surface area contributed by atoms with Gasteiger partial charge in [0.25, 0.3) is 0 Å². The molecule has 23 heavy (non-hydrogen) atoms. The van der Waals surface area contributed by atoms with Crippen LogP contribution in [-0.2, 0) is 11.3 Å². The Labute approximate surface area is 155 Å². The molecule has 0 saturated heterocycles. The molecule has 0 atom stereocenters. The van der Waals surface area contributed by atoms with Crippen molar-refractivity contribution >= 4 is 29.9 Å². The van der Waals surface area contributed by atoms with Crippen molar-refractivity contribution < 1.29 is 9.47 Å². The minimum Gasteiger partial charge on any atom is -0.496 e. The second-order valence-electron chi connectivity index (χ2n) is 4.80. The van der Waals surface area contributed by atoms with Gasteiger partial charge in [-0.05, 0) is 13.8 Å². The zero-order valence-electron chi connectivity index (χ0n) is 14.3. The number of nitrogens with one attached hydrogen (secondary N) is 2. The third-order valence-corrected chi connectivity index (χ3v) is 3.15. The highest BCUT2D eigenvalue weighted by Crippen LogP contribution is 2.24. The van der Waals surface area contributed by atoms with Crippen molar-refractivity contribution in [2.75, 3.05) is 33.9 Å². The maximum absolute atomic E-state index is 5.42. The number of methoxy groups -OCH3 is 2. The van der Waals surface area contributed by atoms with Gasteiger partial charge in [-0.2, -0.15) is 0 Å². The lowest BCUT2D eigenvalue weighted by molar-refractivity contribution is 0.203. The first-order valence-corrected chi connectivity index (χ1v) is 7.25. The standard InChI is InChI=1S/C16H26N4O2.HI/c1-6-7-17-16(18-8-9-21-4)20-11-14-13(3)15(22-5)12(2)10-19-14;/h6,10H,1,7-9,11H2,2-5H3,(H2,17,18,20);1H. The molecule has 130 valence electrons. The first-order valence-electron chi connectivity index (χ1n) is 7.25. The number of halogens is 1. The van der Waals surface area contributed by atoms with Crippen molar-refractivity contribution in [1.29, 1.82) is 0 Å². The predicted molar refractivity (Wildman–Crippen MR) is 105 cm³/mol. The van der Waals surface area contributed by atoms with E-state index >= 15 is 0 Å². The van der Waals surface area contributed by atoms with Crippen molar-refractivity contribution in [3.63, 3.8) is 0 Å². The molecular weight excluding hydrogens is 407 g/mol. The molecule has 6 nitrogen and oxygen atoms in total. The average molecular weight is 434 g/mol. The summed E-state index contributed by atoms with van der Waals surface area (Å²) >= 11 is 0. The van der Waals surface area contributed by atoms with Crippen LogP contribution in [0.1, 0.15) is 16.8 Å². The Morgan fingerprint density at radius 1 is 1.35 bits per heavy atom. The van der Waals surface area contributed by atoms with Crippen LogP contribution in [0.3, 0.4) is 0 Å². The molecule has 1 heterocycles. The normalized spacial score (nSPS) is 10.7. The molecule has 2 N–H and O–H groups in total. The molecule has 0 spiro atoms. The van der Waals surface area contributed by atoms with Gasteiger partial charge in [0.15, 0.2) is 5.96 Å². The van der Waals surface area contributed by atoms with Crippen LogP contribution in [0.15, 0.2) is 23.8 Å². The summed E-state index contributed by atoms with van der Waals surface area (Å²) in [6, 6.07) is 0. The number of ether oxygens (including phenoxy) is 2. The van der Waals surface area contributed by atoms with E-state index in [2.05, 4.69) is 27.2 Å². The molecule has 0 aliphatic heterocycles. The third-order valence-electron chi connectivity index (χ3n) is 3.15. The van der Waals surface area contributed by atoms with Gasteiger partial charge < -0.3 is 20.1 Å². The van der Waals surface area contributed by atoms with E-state index < -0.39 is 0 Å². The maximum atomic E-state index is 5.42. The monoisotopic (exact) mass is 434 g/mol. The number of aliphatic imine (C=N–C) groups is 1. The Morgan fingerprint density at radius 2 is 2.09 bits per heavy atom. The summed E-state index contributed by atoms with van der Waals surface area (Å²) in [6.45, 7) is 10.1. The van der Waals surface area contributed by atoms with Gasteiger partial charge >= 0.3 is 0 Å². The molecule has 0 aliphatic rings. The van der Waals surface area contributed by atoms with Crippen LogP contribution in [0, 0.1) is 13.8 Å². The lowest BCUT2D eigenvalue weighted by atomic mass is 10.1. The fourth-order valence-corrected chi connectivity index (χ4v) is 2.00. The number of hydrogen-bond donors (Lipinski definition) is 2. The Kier molecular flexibility index (Phi) is 11.4. The van der Waals surface area contributed by atoms with Crippen molar-refractivity contribution in [2.24, 2.45) is 4.99 Å². The highest BCUT2D eigenvalue weighted by atomic mass is 127. The van der Waals surface area contributed by atoms with Crippen LogP contribution in [0.2, 0.25) is 0 Å². The summed E-state index contributed by atoms with van der Waals surface area (Å²) in [7, 11) is 3.34. The van der Waals surface area contributed by atoms with Crippen molar-refractivity contribution in [3.8, 4) is 5.75 Å². The quantitative estimate of drug-likeness (QED) is 0.216. The van der Waals surface area contributed by atoms with Gasteiger partial charge in [0.2, 0.25) is 0 Å². The SMILES string of the molecule is C=CCNC(=NCc1ncc(C)c(OC)c1C)NCCOC.I. The number of guanidine groups is 1. The van der Waals surface area contributed by atoms with Crippen molar-refractivity contribution in [3.05, 3.63) is 35.7 Å². The highest BCUT2D eigenvalue weighted by Gasteiger charge is 2.09. The van der Waals surface area contributed by atoms with Crippen molar-refractivity contribution in [1.82, 2.24) is 15.6 Å². The van der Waals surface area contributed by atoms with Crippen molar-refractivity contribution in [2.45, 2.75) is 20.4 Å². The molecule has 0 aromatic carbocycles. The lowest BCUT2D eigenvalue weighted by Gasteiger charge is -2.13. The largest absolute Gasteiger partial charge is 0.496 e. The number of hydrogen-bond acceptors (Lipinski definition) is 4. The molecule has 0 unspecified atom stereocenters. The van der Waals surface area contributed by atoms with E-state index in [9.17, 15) is 0 Å². The zero-order valence-corrected chi connectivity index (χ0v) is 16.6. The maximum Gasteiger partial charge on any atom is 0.191 e. The molecular formula is C16H27IN4O2. The van der Waals surface area contributed by atoms with E-state index in [1.807, 2.05) is 20.0 Å². The molecule has 0 bridgehead atoms. The number of aromatic nitrogens is 1. The second kappa shape index (κ2) is 12.1. The lowest BCUT2D eigenvalue weighted by Crippen LogP contribution is -2.39. The van der Waals surface area contributed by atoms with E-state index in [1.54, 1.807) is 20.3 Å². The van der Waals surface area contributed by atoms with Gasteiger partial charge in [-0.25, -0.2) is 4.99 Å². The molecule has 0 fully saturated rings. The molecule has 1 aromatic rings. The number of pyridine rings is 1. The number of aryl methyl sites for hydroxylation is 1. The Morgan fingerprint density at radius 3 is 2.70 bits per heavy atom. The first kappa shape index (κ1) is 21.6. The third kappa shape index (κ3) is 7.17. The van der Waals surface area contributed by atoms with E-state index in [0.29, 0.717) is 32.2 Å². The number of nitrogens with zero attached hydrogens (tertiary/aromatic N) is 2. The molecule has 7 heteroatoms. The summed E-state index contributed by atoms with van der Waals surface area (Å²) in [6.07, 6.45) is 3.60. The van der Waals surface area contributed by atoms with Crippen LogP contribution in [0.5, 0.6) is 5.75 Å². The topological polar surface area (TPSA) is 67.8 Å². The molecule has 0 aliphatic carbocycles. The van der Waals surface area contributed by atoms with E-state index in [4.69, 9.17) is 9.47 Å². The zero-order chi connectivity index (χ0) is 16.4. The van der Waals surface area contributed by atoms with Crippen LogP contribution < -0.4 is 15.4 Å². The Bertz CT molecular complexity index is 521. The van der Waals surface area contributed by atoms with Crippen LogP contribution in [0.4, 0.5) is 0 Å². The minimum absolute atomic E-state index is 0. The fraction of sp³-hybridized carbons (Fsp3) is 0.500. The summed E-state index contributed by atoms with van der Waals surface area (Å²) in [5.74, 6) is 1.57. The van der Waals surface area contributed by atoms with Crippen LogP contribution >= 0.6 is 24.0 Å². The Balaban J connectivity index is 0.00000484. The molecule has 0 radical (unpaired) electrons. The fourth-order valence-electron chi connectivity index (χ4n) is 2.00. The summed E-state index contributed by atoms with van der Waals surface area (Å²) in [5.41, 5.74) is 2.94. The average Bonchev–Trinajstić information content (AvgIpc) is 2.51. The van der Waals surface area contributed by atoms with Gasteiger partial charge in [0.05, 0.1) is 26.0 Å². The van der Waals surface area contributed by atoms with Crippen LogP contribution in [0.25, 0.3) is 0 Å². The predicted octanol–water partition coefficient (Wildman–Crippen LogP) is 2.19. The minimum atomic E-state index is 0. The summed E-state index contributed by atoms with van der Waals surface area (Å²) in [5, 5.41) is 6.36. The summed E-state index contributed by atoms with van der Waals surface area (Å²) in [4.78, 5) is 8.99. The van der Waals surface area contributed by atoms with E-state index in [-0.39, 0.29) is 24.0 Å². The van der Waals surface area contributed by atoms with E-state index in [0.717, 1.165) is 22.6 Å². The van der Waals surface area contributed by atoms with Gasteiger partial charge in [-0.1, -0.05) is 6.08 Å². The van der Waals surface area contributed by atoms with Crippen LogP contribution in [-0.4, -0.2) is 44.9 Å². The molecule has 0 amide bonds. The Hall–Kier alpha value is -1.35. The number of rotatable bonds is 8. The highest BCUT2D eigenvalue weighted by molar-refractivity contribution is 14.0. The molecule has 1 rings (SSSR count). The second-order valence-corrected chi connectivity index (χ2v) is 4.80. The van der Waals surface area contributed by atoms with Gasteiger partial charge in [0, 0.05) is 37.5 Å². The first-order chi connectivity index (χ1) is 10.6.